The maximum Gasteiger partial charge on any atom is 0.207 e. The first kappa shape index (κ1) is 18.1. The molecule has 0 amide bonds. The molecule has 1 fully saturated rings. The molecule has 5 N–H and O–H groups in total. The molecule has 1 saturated heterocycles. The quantitative estimate of drug-likeness (QED) is 0.714. The summed E-state index contributed by atoms with van der Waals surface area (Å²) in [5.41, 5.74) is 10.1. The lowest BCUT2D eigenvalue weighted by molar-refractivity contribution is 0.219. The lowest BCUT2D eigenvalue weighted by atomic mass is 10.1. The van der Waals surface area contributed by atoms with Crippen LogP contribution in [0.1, 0.15) is 46.0 Å². The fourth-order valence-electron chi connectivity index (χ4n) is 2.79. The zero-order valence-electron chi connectivity index (χ0n) is 13.5. The summed E-state index contributed by atoms with van der Waals surface area (Å²) in [6, 6.07) is 1.23. The van der Waals surface area contributed by atoms with Gasteiger partial charge >= 0.3 is 0 Å². The monoisotopic (exact) mass is 314 g/mol. The maximum absolute atomic E-state index is 5.60. The van der Waals surface area contributed by atoms with Gasteiger partial charge in [0.2, 0.25) is 10.3 Å². The number of likely N-dealkylation sites (tertiary alicyclic amines) is 1. The predicted molar refractivity (Wildman–Crippen MR) is 91.6 cm³/mol. The standard InChI is InChI=1S/C13H25N5S.CH5N/c1-3-5-6-11(4-2)18-8-7-10(9-18)15-13-17-16-12(14)19-13;1-2/h10-11H,3-9H2,1-2H3,(H2,14,16)(H,15,17);2H2,1H3. The van der Waals surface area contributed by atoms with Crippen molar-refractivity contribution in [1.82, 2.24) is 15.1 Å². The van der Waals surface area contributed by atoms with Crippen LogP contribution >= 0.6 is 11.3 Å². The van der Waals surface area contributed by atoms with E-state index >= 15 is 0 Å². The largest absolute Gasteiger partial charge is 0.374 e. The smallest absolute Gasteiger partial charge is 0.207 e. The molecule has 1 aromatic rings. The molecule has 122 valence electrons. The molecule has 0 bridgehead atoms. The van der Waals surface area contributed by atoms with Gasteiger partial charge in [0.05, 0.1) is 0 Å². The molecule has 1 aliphatic heterocycles. The van der Waals surface area contributed by atoms with Gasteiger partial charge in [-0.15, -0.1) is 10.2 Å². The van der Waals surface area contributed by atoms with Crippen molar-refractivity contribution in [3.8, 4) is 0 Å². The second-order valence-corrected chi connectivity index (χ2v) is 6.28. The molecule has 6 nitrogen and oxygen atoms in total. The van der Waals surface area contributed by atoms with Gasteiger partial charge in [0.25, 0.3) is 0 Å². The van der Waals surface area contributed by atoms with Gasteiger partial charge in [-0.1, -0.05) is 38.0 Å². The van der Waals surface area contributed by atoms with Crippen molar-refractivity contribution < 1.29 is 0 Å². The Kier molecular flexibility index (Phi) is 8.56. The number of nitrogen functional groups attached to an aromatic ring is 1. The van der Waals surface area contributed by atoms with Gasteiger partial charge in [0.1, 0.15) is 0 Å². The summed E-state index contributed by atoms with van der Waals surface area (Å²) >= 11 is 1.43. The van der Waals surface area contributed by atoms with Crippen molar-refractivity contribution in [2.24, 2.45) is 5.73 Å². The minimum absolute atomic E-state index is 0.489. The number of anilines is 2. The van der Waals surface area contributed by atoms with Crippen molar-refractivity contribution in [3.63, 3.8) is 0 Å². The second kappa shape index (κ2) is 9.92. The predicted octanol–water partition coefficient (Wildman–Crippen LogP) is 2.15. The normalized spacial score (nSPS) is 19.9. The van der Waals surface area contributed by atoms with E-state index < -0.39 is 0 Å². The Morgan fingerprint density at radius 1 is 1.38 bits per heavy atom. The Bertz CT molecular complexity index is 383. The third kappa shape index (κ3) is 5.76. The van der Waals surface area contributed by atoms with Crippen molar-refractivity contribution >= 4 is 21.6 Å². The molecule has 2 atom stereocenters. The number of nitrogens with two attached hydrogens (primary N) is 2. The zero-order chi connectivity index (χ0) is 15.7. The summed E-state index contributed by atoms with van der Waals surface area (Å²) < 4.78 is 0. The SMILES string of the molecule is CCCCC(CC)N1CCC(Nc2nnc(N)s2)C1.CN. The van der Waals surface area contributed by atoms with Crippen molar-refractivity contribution in [3.05, 3.63) is 0 Å². The van der Waals surface area contributed by atoms with E-state index in [1.54, 1.807) is 0 Å². The van der Waals surface area contributed by atoms with E-state index in [1.165, 1.54) is 57.0 Å². The Labute approximate surface area is 132 Å². The van der Waals surface area contributed by atoms with E-state index in [4.69, 9.17) is 5.73 Å². The van der Waals surface area contributed by atoms with Gasteiger partial charge in [0, 0.05) is 25.2 Å². The van der Waals surface area contributed by atoms with Crippen LogP contribution in [0.15, 0.2) is 0 Å². The third-order valence-corrected chi connectivity index (χ3v) is 4.55. The van der Waals surface area contributed by atoms with Crippen LogP contribution in [0.3, 0.4) is 0 Å². The molecule has 0 spiro atoms. The number of hydrogen-bond acceptors (Lipinski definition) is 7. The Balaban J connectivity index is 0.00000106. The molecule has 1 aromatic heterocycles. The van der Waals surface area contributed by atoms with Crippen LogP contribution in [0.2, 0.25) is 0 Å². The molecular weight excluding hydrogens is 284 g/mol. The first-order chi connectivity index (χ1) is 10.2. The number of aromatic nitrogens is 2. The number of rotatable bonds is 7. The Morgan fingerprint density at radius 2 is 2.14 bits per heavy atom. The highest BCUT2D eigenvalue weighted by Gasteiger charge is 2.27. The van der Waals surface area contributed by atoms with Gasteiger partial charge in [-0.2, -0.15) is 0 Å². The average Bonchev–Trinajstić information content (AvgIpc) is 3.12. The van der Waals surface area contributed by atoms with E-state index in [-0.39, 0.29) is 0 Å². The summed E-state index contributed by atoms with van der Waals surface area (Å²) in [6.45, 7) is 6.86. The first-order valence-electron chi connectivity index (χ1n) is 7.90. The number of unbranched alkanes of at least 4 members (excludes halogenated alkanes) is 1. The van der Waals surface area contributed by atoms with Crippen LogP contribution in [0.5, 0.6) is 0 Å². The first-order valence-corrected chi connectivity index (χ1v) is 8.71. The molecule has 21 heavy (non-hydrogen) atoms. The van der Waals surface area contributed by atoms with Gasteiger partial charge in [-0.05, 0) is 26.3 Å². The minimum atomic E-state index is 0.489. The summed E-state index contributed by atoms with van der Waals surface area (Å²) in [6.07, 6.45) is 6.38. The number of nitrogens with one attached hydrogen (secondary N) is 1. The summed E-state index contributed by atoms with van der Waals surface area (Å²) in [4.78, 5) is 2.62. The number of nitrogens with zero attached hydrogens (tertiary/aromatic N) is 3. The zero-order valence-corrected chi connectivity index (χ0v) is 14.3. The van der Waals surface area contributed by atoms with E-state index in [2.05, 4.69) is 40.0 Å². The third-order valence-electron chi connectivity index (χ3n) is 3.87. The van der Waals surface area contributed by atoms with Crippen LogP contribution < -0.4 is 16.8 Å². The van der Waals surface area contributed by atoms with Crippen LogP contribution in [0.25, 0.3) is 0 Å². The molecule has 0 radical (unpaired) electrons. The number of hydrogen-bond donors (Lipinski definition) is 3. The van der Waals surface area contributed by atoms with E-state index in [1.807, 2.05) is 0 Å². The lowest BCUT2D eigenvalue weighted by Gasteiger charge is -2.26. The van der Waals surface area contributed by atoms with Crippen LogP contribution in [-0.2, 0) is 0 Å². The maximum atomic E-state index is 5.60. The molecule has 1 aliphatic rings. The fraction of sp³-hybridized carbons (Fsp3) is 0.857. The van der Waals surface area contributed by atoms with Crippen molar-refractivity contribution in [1.29, 1.82) is 0 Å². The topological polar surface area (TPSA) is 93.1 Å². The summed E-state index contributed by atoms with van der Waals surface area (Å²) in [5.74, 6) is 0. The second-order valence-electron chi connectivity index (χ2n) is 5.27. The highest BCUT2D eigenvalue weighted by Crippen LogP contribution is 2.23. The highest BCUT2D eigenvalue weighted by molar-refractivity contribution is 7.18. The molecular formula is C14H30N6S. The molecule has 2 unspecified atom stereocenters. The Morgan fingerprint density at radius 3 is 2.71 bits per heavy atom. The van der Waals surface area contributed by atoms with Crippen LogP contribution in [0.4, 0.5) is 10.3 Å². The fourth-order valence-corrected chi connectivity index (χ4v) is 3.38. The van der Waals surface area contributed by atoms with E-state index in [0.29, 0.717) is 11.2 Å². The molecule has 2 heterocycles. The molecule has 0 aliphatic carbocycles. The van der Waals surface area contributed by atoms with Crippen LogP contribution in [-0.4, -0.2) is 47.3 Å². The lowest BCUT2D eigenvalue weighted by Crippen LogP contribution is -2.34. The Hall–Kier alpha value is -0.920. The van der Waals surface area contributed by atoms with Crippen molar-refractivity contribution in [2.45, 2.75) is 58.0 Å². The van der Waals surface area contributed by atoms with Gasteiger partial charge in [0.15, 0.2) is 0 Å². The summed E-state index contributed by atoms with van der Waals surface area (Å²) in [7, 11) is 1.50. The molecule has 2 rings (SSSR count). The molecule has 0 saturated carbocycles. The molecule has 0 aromatic carbocycles. The van der Waals surface area contributed by atoms with Gasteiger partial charge in [-0.25, -0.2) is 0 Å². The molecule has 7 heteroatoms. The van der Waals surface area contributed by atoms with Crippen LogP contribution in [0, 0.1) is 0 Å². The van der Waals surface area contributed by atoms with Gasteiger partial charge < -0.3 is 16.8 Å². The van der Waals surface area contributed by atoms with Gasteiger partial charge in [-0.3, -0.25) is 4.90 Å². The van der Waals surface area contributed by atoms with Crippen molar-refractivity contribution in [2.75, 3.05) is 31.2 Å². The van der Waals surface area contributed by atoms with E-state index in [9.17, 15) is 0 Å². The summed E-state index contributed by atoms with van der Waals surface area (Å²) in [5, 5.41) is 12.7. The average molecular weight is 315 g/mol. The van der Waals surface area contributed by atoms with E-state index in [0.717, 1.165) is 17.7 Å². The highest BCUT2D eigenvalue weighted by atomic mass is 32.1. The minimum Gasteiger partial charge on any atom is -0.374 e.